The molecule has 0 aliphatic carbocycles. The van der Waals surface area contributed by atoms with E-state index < -0.39 is 10.0 Å². The minimum Gasteiger partial charge on any atom is -0.486 e. The molecule has 0 amide bonds. The number of hydrogen-bond donors (Lipinski definition) is 0. The van der Waals surface area contributed by atoms with Gasteiger partial charge in [-0.05, 0) is 29.8 Å². The van der Waals surface area contributed by atoms with E-state index in [1.54, 1.807) is 12.1 Å². The molecule has 1 aromatic heterocycles. The van der Waals surface area contributed by atoms with E-state index in [1.807, 2.05) is 26.0 Å². The van der Waals surface area contributed by atoms with Crippen LogP contribution in [-0.2, 0) is 15.8 Å². The number of pyridine rings is 1. The molecule has 0 radical (unpaired) electrons. The average molecular weight is 429 g/mol. The van der Waals surface area contributed by atoms with Gasteiger partial charge < -0.3 is 9.47 Å². The number of rotatable bonds is 7. The lowest BCUT2D eigenvalue weighted by atomic mass is 10.2. The first-order chi connectivity index (χ1) is 13.0. The zero-order chi connectivity index (χ0) is 19.4. The molecule has 0 unspecified atom stereocenters. The van der Waals surface area contributed by atoms with Crippen LogP contribution in [0.25, 0.3) is 0 Å². The first-order valence-corrected chi connectivity index (χ1v) is 11.4. The van der Waals surface area contributed by atoms with Crippen LogP contribution in [0.3, 0.4) is 0 Å². The zero-order valence-electron chi connectivity index (χ0n) is 15.1. The number of sulfonamides is 1. The molecule has 0 saturated heterocycles. The van der Waals surface area contributed by atoms with Crippen molar-refractivity contribution in [3.05, 3.63) is 41.0 Å². The fourth-order valence-electron chi connectivity index (χ4n) is 2.72. The second-order valence-electron chi connectivity index (χ2n) is 5.81. The zero-order valence-corrected chi connectivity index (χ0v) is 17.5. The lowest BCUT2D eigenvalue weighted by Gasteiger charge is -2.20. The third kappa shape index (κ3) is 4.51. The highest BCUT2D eigenvalue weighted by molar-refractivity contribution is 7.98. The minimum atomic E-state index is -3.49. The van der Waals surface area contributed by atoms with Crippen LogP contribution in [0.2, 0.25) is 5.02 Å². The SMILES string of the molecule is CCN(CC)S(=O)(=O)c1ccc(SCc2cc(Cl)c3c(c2)OCCO3)nc1. The number of thioether (sulfide) groups is 1. The molecule has 0 N–H and O–H groups in total. The molecule has 2 aromatic rings. The van der Waals surface area contributed by atoms with Crippen LogP contribution in [-0.4, -0.2) is 44.0 Å². The summed E-state index contributed by atoms with van der Waals surface area (Å²) in [5, 5.41) is 1.26. The molecule has 1 aliphatic heterocycles. The molecule has 146 valence electrons. The molecule has 2 heterocycles. The van der Waals surface area contributed by atoms with Gasteiger partial charge in [0, 0.05) is 25.0 Å². The van der Waals surface area contributed by atoms with Crippen LogP contribution >= 0.6 is 23.4 Å². The van der Waals surface area contributed by atoms with Gasteiger partial charge in [-0.25, -0.2) is 13.4 Å². The number of benzene rings is 1. The van der Waals surface area contributed by atoms with E-state index in [-0.39, 0.29) is 4.90 Å². The molecule has 0 fully saturated rings. The highest BCUT2D eigenvalue weighted by atomic mass is 35.5. The maximum Gasteiger partial charge on any atom is 0.244 e. The predicted octanol–water partition coefficient (Wildman–Crippen LogP) is 3.83. The van der Waals surface area contributed by atoms with Crippen molar-refractivity contribution in [2.24, 2.45) is 0 Å². The van der Waals surface area contributed by atoms with Gasteiger partial charge in [-0.2, -0.15) is 4.31 Å². The van der Waals surface area contributed by atoms with Gasteiger partial charge >= 0.3 is 0 Å². The summed E-state index contributed by atoms with van der Waals surface area (Å²) >= 11 is 7.75. The lowest BCUT2D eigenvalue weighted by Crippen LogP contribution is -2.30. The van der Waals surface area contributed by atoms with Gasteiger partial charge in [0.2, 0.25) is 10.0 Å². The summed E-state index contributed by atoms with van der Waals surface area (Å²) in [6.45, 7) is 5.49. The average Bonchev–Trinajstić information content (AvgIpc) is 2.67. The molecule has 27 heavy (non-hydrogen) atoms. The molecule has 0 bridgehead atoms. The molecular formula is C18H21ClN2O4S2. The van der Waals surface area contributed by atoms with Crippen molar-refractivity contribution in [2.45, 2.75) is 29.5 Å². The van der Waals surface area contributed by atoms with Crippen LogP contribution in [0.1, 0.15) is 19.4 Å². The lowest BCUT2D eigenvalue weighted by molar-refractivity contribution is 0.171. The van der Waals surface area contributed by atoms with E-state index in [4.69, 9.17) is 21.1 Å². The number of fused-ring (bicyclic) bond motifs is 1. The maximum atomic E-state index is 12.5. The quantitative estimate of drug-likeness (QED) is 0.624. The Morgan fingerprint density at radius 2 is 1.93 bits per heavy atom. The van der Waals surface area contributed by atoms with Gasteiger partial charge in [0.15, 0.2) is 11.5 Å². The van der Waals surface area contributed by atoms with Crippen LogP contribution < -0.4 is 9.47 Å². The fraction of sp³-hybridized carbons (Fsp3) is 0.389. The van der Waals surface area contributed by atoms with E-state index in [9.17, 15) is 8.42 Å². The van der Waals surface area contributed by atoms with Crippen molar-refractivity contribution >= 4 is 33.4 Å². The molecule has 0 spiro atoms. The fourth-order valence-corrected chi connectivity index (χ4v) is 5.19. The second kappa shape index (κ2) is 8.68. The third-order valence-corrected chi connectivity index (χ3v) is 7.42. The van der Waals surface area contributed by atoms with E-state index in [1.165, 1.54) is 22.3 Å². The van der Waals surface area contributed by atoms with E-state index in [2.05, 4.69) is 4.98 Å². The first-order valence-electron chi connectivity index (χ1n) is 8.62. The van der Waals surface area contributed by atoms with E-state index in [0.717, 1.165) is 10.6 Å². The number of ether oxygens (including phenoxy) is 2. The van der Waals surface area contributed by atoms with Crippen molar-refractivity contribution in [1.82, 2.24) is 9.29 Å². The molecule has 0 saturated carbocycles. The Morgan fingerprint density at radius 1 is 1.19 bits per heavy atom. The molecule has 1 aromatic carbocycles. The van der Waals surface area contributed by atoms with Gasteiger partial charge in [-0.15, -0.1) is 11.8 Å². The van der Waals surface area contributed by atoms with E-state index >= 15 is 0 Å². The Kier molecular flexibility index (Phi) is 6.52. The Hall–Kier alpha value is -1.48. The largest absolute Gasteiger partial charge is 0.486 e. The predicted molar refractivity (Wildman–Crippen MR) is 106 cm³/mol. The van der Waals surface area contributed by atoms with Gasteiger partial charge in [0.05, 0.1) is 10.0 Å². The highest BCUT2D eigenvalue weighted by Gasteiger charge is 2.22. The standard InChI is InChI=1S/C18H21ClN2O4S2/c1-3-21(4-2)27(22,23)14-5-6-17(20-11-14)26-12-13-9-15(19)18-16(10-13)24-7-8-25-18/h5-6,9-11H,3-4,7-8,12H2,1-2H3. The Labute approximate surface area is 168 Å². The molecule has 3 rings (SSSR count). The Morgan fingerprint density at radius 3 is 2.59 bits per heavy atom. The van der Waals surface area contributed by atoms with Crippen molar-refractivity contribution in [2.75, 3.05) is 26.3 Å². The smallest absolute Gasteiger partial charge is 0.244 e. The summed E-state index contributed by atoms with van der Waals surface area (Å²) in [6.07, 6.45) is 1.41. The normalized spacial score (nSPS) is 13.8. The number of aromatic nitrogens is 1. The van der Waals surface area contributed by atoms with Gasteiger partial charge in [-0.3, -0.25) is 0 Å². The monoisotopic (exact) mass is 428 g/mol. The second-order valence-corrected chi connectivity index (χ2v) is 9.15. The van der Waals surface area contributed by atoms with Crippen molar-refractivity contribution in [1.29, 1.82) is 0 Å². The molecule has 9 heteroatoms. The summed E-state index contributed by atoms with van der Waals surface area (Å²) in [6, 6.07) is 7.08. The summed E-state index contributed by atoms with van der Waals surface area (Å²) < 4.78 is 37.5. The van der Waals surface area contributed by atoms with Crippen molar-refractivity contribution < 1.29 is 17.9 Å². The first kappa shape index (κ1) is 20.3. The topological polar surface area (TPSA) is 68.7 Å². The molecular weight excluding hydrogens is 408 g/mol. The third-order valence-electron chi connectivity index (χ3n) is 4.10. The van der Waals surface area contributed by atoms with Crippen LogP contribution in [0.15, 0.2) is 40.4 Å². The molecule has 1 aliphatic rings. The summed E-state index contributed by atoms with van der Waals surface area (Å²) in [5.74, 6) is 1.87. The minimum absolute atomic E-state index is 0.206. The van der Waals surface area contributed by atoms with Gasteiger partial charge in [0.1, 0.15) is 18.1 Å². The summed E-state index contributed by atoms with van der Waals surface area (Å²) in [7, 11) is -3.49. The van der Waals surface area contributed by atoms with Gasteiger partial charge in [-0.1, -0.05) is 25.4 Å². The van der Waals surface area contributed by atoms with Crippen molar-refractivity contribution in [3.63, 3.8) is 0 Å². The van der Waals surface area contributed by atoms with Crippen LogP contribution in [0.4, 0.5) is 0 Å². The van der Waals surface area contributed by atoms with Gasteiger partial charge in [0.25, 0.3) is 0 Å². The molecule has 6 nitrogen and oxygen atoms in total. The summed E-state index contributed by atoms with van der Waals surface area (Å²) in [4.78, 5) is 4.50. The van der Waals surface area contributed by atoms with E-state index in [0.29, 0.717) is 48.6 Å². The van der Waals surface area contributed by atoms with Crippen LogP contribution in [0.5, 0.6) is 11.5 Å². The summed E-state index contributed by atoms with van der Waals surface area (Å²) in [5.41, 5.74) is 0.982. The highest BCUT2D eigenvalue weighted by Crippen LogP contribution is 2.39. The van der Waals surface area contributed by atoms with Crippen LogP contribution in [0, 0.1) is 0 Å². The maximum absolute atomic E-state index is 12.5. The van der Waals surface area contributed by atoms with Crippen molar-refractivity contribution in [3.8, 4) is 11.5 Å². The number of nitrogens with zero attached hydrogens (tertiary/aromatic N) is 2. The Bertz CT molecular complexity index is 900. The Balaban J connectivity index is 1.70. The molecule has 0 atom stereocenters. The number of hydrogen-bond acceptors (Lipinski definition) is 6. The number of halogens is 1.